The van der Waals surface area contributed by atoms with Crippen LogP contribution in [0.5, 0.6) is 5.75 Å². The molecule has 0 spiro atoms. The van der Waals surface area contributed by atoms with Gasteiger partial charge in [-0.05, 0) is 18.4 Å². The molecule has 1 aromatic rings. The highest BCUT2D eigenvalue weighted by Crippen LogP contribution is 2.26. The highest BCUT2D eigenvalue weighted by atomic mass is 127. The summed E-state index contributed by atoms with van der Waals surface area (Å²) in [6.07, 6.45) is 3.00. The van der Waals surface area contributed by atoms with Crippen LogP contribution in [0.2, 0.25) is 5.02 Å². The monoisotopic (exact) mass is 526 g/mol. The third kappa shape index (κ3) is 7.95. The quantitative estimate of drug-likeness (QED) is 0.256. The number of hydrogen-bond acceptors (Lipinski definition) is 4. The molecule has 0 radical (unpaired) electrons. The van der Waals surface area contributed by atoms with Crippen LogP contribution < -0.4 is 10.1 Å². The normalized spacial score (nSPS) is 16.7. The van der Waals surface area contributed by atoms with E-state index in [9.17, 15) is 4.79 Å². The zero-order valence-corrected chi connectivity index (χ0v) is 19.9. The summed E-state index contributed by atoms with van der Waals surface area (Å²) in [5.74, 6) is 2.43. The van der Waals surface area contributed by atoms with E-state index >= 15 is 0 Å². The van der Waals surface area contributed by atoms with Gasteiger partial charge >= 0.3 is 0 Å². The van der Waals surface area contributed by atoms with Crippen LogP contribution in [0.1, 0.15) is 6.42 Å². The number of ether oxygens (including phenoxy) is 1. The van der Waals surface area contributed by atoms with E-state index < -0.39 is 0 Å². The van der Waals surface area contributed by atoms with Crippen LogP contribution in [0, 0.1) is 0 Å². The summed E-state index contributed by atoms with van der Waals surface area (Å²) < 4.78 is 6.04. The number of amides is 1. The molecule has 0 saturated carbocycles. The summed E-state index contributed by atoms with van der Waals surface area (Å²) in [5, 5.41) is 3.98. The Morgan fingerprint density at radius 3 is 2.85 bits per heavy atom. The zero-order valence-electron chi connectivity index (χ0n) is 16.0. The molecule has 1 heterocycles. The molecule has 1 aliphatic rings. The van der Waals surface area contributed by atoms with Crippen molar-refractivity contribution in [1.29, 1.82) is 0 Å². The molecular formula is C18H28ClIN4O2S. The molecule has 152 valence electrons. The summed E-state index contributed by atoms with van der Waals surface area (Å²) in [6, 6.07) is 7.51. The fourth-order valence-corrected chi connectivity index (χ4v) is 3.04. The van der Waals surface area contributed by atoms with Gasteiger partial charge in [-0.1, -0.05) is 23.7 Å². The molecule has 27 heavy (non-hydrogen) atoms. The predicted octanol–water partition coefficient (Wildman–Crippen LogP) is 2.81. The Morgan fingerprint density at radius 1 is 1.44 bits per heavy atom. The largest absolute Gasteiger partial charge is 0.487 e. The lowest BCUT2D eigenvalue weighted by Gasteiger charge is -2.22. The molecule has 9 heteroatoms. The molecule has 0 aromatic heterocycles. The van der Waals surface area contributed by atoms with Gasteiger partial charge in [0.15, 0.2) is 5.96 Å². The van der Waals surface area contributed by atoms with Crippen LogP contribution >= 0.6 is 47.3 Å². The van der Waals surface area contributed by atoms with Crippen molar-refractivity contribution in [2.75, 3.05) is 52.3 Å². The number of para-hydroxylation sites is 1. The number of rotatable bonds is 7. The lowest BCUT2D eigenvalue weighted by Crippen LogP contribution is -2.42. The molecule has 1 unspecified atom stereocenters. The van der Waals surface area contributed by atoms with E-state index in [1.807, 2.05) is 24.3 Å². The molecule has 1 aromatic carbocycles. The smallest absolute Gasteiger partial charge is 0.243 e. The minimum absolute atomic E-state index is 0. The van der Waals surface area contributed by atoms with Crippen molar-refractivity contribution in [1.82, 2.24) is 15.1 Å². The number of halogens is 2. The molecule has 0 bridgehead atoms. The Labute approximate surface area is 188 Å². The highest BCUT2D eigenvalue weighted by Gasteiger charge is 2.27. The maximum Gasteiger partial charge on any atom is 0.243 e. The van der Waals surface area contributed by atoms with E-state index in [1.54, 1.807) is 30.8 Å². The Bertz CT molecular complexity index is 633. The van der Waals surface area contributed by atoms with Gasteiger partial charge in [0, 0.05) is 39.4 Å². The molecule has 1 aliphatic heterocycles. The topological polar surface area (TPSA) is 57.2 Å². The molecule has 1 atom stereocenters. The van der Waals surface area contributed by atoms with Crippen LogP contribution in [-0.2, 0) is 4.79 Å². The van der Waals surface area contributed by atoms with Crippen molar-refractivity contribution in [3.8, 4) is 5.75 Å². The Balaban J connectivity index is 0.00000364. The third-order valence-corrected chi connectivity index (χ3v) is 4.95. The average molecular weight is 527 g/mol. The molecule has 1 amide bonds. The maximum absolute atomic E-state index is 11.9. The number of benzene rings is 1. The first-order chi connectivity index (χ1) is 12.5. The fraction of sp³-hybridized carbons (Fsp3) is 0.556. The van der Waals surface area contributed by atoms with Crippen LogP contribution in [-0.4, -0.2) is 80.1 Å². The number of aliphatic imine (C=N–C) groups is 1. The van der Waals surface area contributed by atoms with Crippen molar-refractivity contribution < 1.29 is 9.53 Å². The van der Waals surface area contributed by atoms with Crippen molar-refractivity contribution in [2.45, 2.75) is 12.5 Å². The SMILES string of the molecule is CSCCNC(=NCC(=O)N(C)C)N1CCC(Oc2ccccc2Cl)C1.I. The summed E-state index contributed by atoms with van der Waals surface area (Å²) in [5.41, 5.74) is 0. The standard InChI is InChI=1S/C18H27ClN4O2S.HI/c1-22(2)17(24)12-21-18(20-9-11-26-3)23-10-8-14(13-23)25-16-7-5-4-6-15(16)19;/h4-7,14H,8-13H2,1-3H3,(H,20,21);1H. The number of carbonyl (C=O) groups excluding carboxylic acids is 1. The zero-order chi connectivity index (χ0) is 18.9. The van der Waals surface area contributed by atoms with Crippen molar-refractivity contribution in [2.24, 2.45) is 4.99 Å². The second-order valence-corrected chi connectivity index (χ2v) is 7.65. The van der Waals surface area contributed by atoms with Gasteiger partial charge < -0.3 is 19.9 Å². The minimum atomic E-state index is -0.0165. The lowest BCUT2D eigenvalue weighted by molar-refractivity contribution is -0.127. The second-order valence-electron chi connectivity index (χ2n) is 6.25. The van der Waals surface area contributed by atoms with Gasteiger partial charge in [0.05, 0.1) is 11.6 Å². The number of hydrogen-bond donors (Lipinski definition) is 1. The summed E-state index contributed by atoms with van der Waals surface area (Å²) in [7, 11) is 3.48. The minimum Gasteiger partial charge on any atom is -0.487 e. The van der Waals surface area contributed by atoms with E-state index in [-0.39, 0.29) is 42.5 Å². The highest BCUT2D eigenvalue weighted by molar-refractivity contribution is 14.0. The van der Waals surface area contributed by atoms with Gasteiger partial charge in [-0.15, -0.1) is 24.0 Å². The first-order valence-electron chi connectivity index (χ1n) is 8.64. The molecule has 1 N–H and O–H groups in total. The van der Waals surface area contributed by atoms with Gasteiger partial charge in [-0.2, -0.15) is 11.8 Å². The first-order valence-corrected chi connectivity index (χ1v) is 10.4. The number of nitrogens with one attached hydrogen (secondary N) is 1. The van der Waals surface area contributed by atoms with E-state index in [0.29, 0.717) is 17.3 Å². The Morgan fingerprint density at radius 2 is 2.19 bits per heavy atom. The number of likely N-dealkylation sites (tertiary alicyclic amines) is 1. The van der Waals surface area contributed by atoms with E-state index in [4.69, 9.17) is 16.3 Å². The molecule has 1 fully saturated rings. The van der Waals surface area contributed by atoms with Gasteiger partial charge in [0.2, 0.25) is 5.91 Å². The average Bonchev–Trinajstić information content (AvgIpc) is 3.08. The predicted molar refractivity (Wildman–Crippen MR) is 125 cm³/mol. The molecular weight excluding hydrogens is 499 g/mol. The lowest BCUT2D eigenvalue weighted by atomic mass is 10.3. The van der Waals surface area contributed by atoms with Crippen molar-refractivity contribution >= 4 is 59.2 Å². The van der Waals surface area contributed by atoms with Gasteiger partial charge in [0.1, 0.15) is 18.4 Å². The van der Waals surface area contributed by atoms with Crippen LogP contribution in [0.15, 0.2) is 29.3 Å². The van der Waals surface area contributed by atoms with Crippen LogP contribution in [0.4, 0.5) is 0 Å². The van der Waals surface area contributed by atoms with Gasteiger partial charge in [0.25, 0.3) is 0 Å². The molecule has 1 saturated heterocycles. The number of likely N-dealkylation sites (N-methyl/N-ethyl adjacent to an activating group) is 1. The summed E-state index contributed by atoms with van der Waals surface area (Å²) in [6.45, 7) is 2.49. The van der Waals surface area contributed by atoms with E-state index in [0.717, 1.165) is 31.2 Å². The first kappa shape index (κ1) is 24.2. The van der Waals surface area contributed by atoms with E-state index in [1.165, 1.54) is 0 Å². The number of carbonyl (C=O) groups is 1. The Kier molecular flexibility index (Phi) is 11.2. The van der Waals surface area contributed by atoms with Crippen molar-refractivity contribution in [3.63, 3.8) is 0 Å². The van der Waals surface area contributed by atoms with Crippen LogP contribution in [0.25, 0.3) is 0 Å². The molecule has 0 aliphatic carbocycles. The Hall–Kier alpha value is -0.870. The number of guanidine groups is 1. The molecule has 2 rings (SSSR count). The fourth-order valence-electron chi connectivity index (χ4n) is 2.55. The summed E-state index contributed by atoms with van der Waals surface area (Å²) >= 11 is 7.95. The second kappa shape index (κ2) is 12.6. The van der Waals surface area contributed by atoms with E-state index in [2.05, 4.69) is 21.5 Å². The maximum atomic E-state index is 11.9. The molecule has 6 nitrogen and oxygen atoms in total. The van der Waals surface area contributed by atoms with Crippen molar-refractivity contribution in [3.05, 3.63) is 29.3 Å². The van der Waals surface area contributed by atoms with Gasteiger partial charge in [-0.25, -0.2) is 4.99 Å². The third-order valence-electron chi connectivity index (χ3n) is 4.03. The number of nitrogens with zero attached hydrogens (tertiary/aromatic N) is 3. The summed E-state index contributed by atoms with van der Waals surface area (Å²) in [4.78, 5) is 20.1. The van der Waals surface area contributed by atoms with Gasteiger partial charge in [-0.3, -0.25) is 4.79 Å². The van der Waals surface area contributed by atoms with Crippen LogP contribution in [0.3, 0.4) is 0 Å². The number of thioether (sulfide) groups is 1.